The molecule has 0 saturated carbocycles. The van der Waals surface area contributed by atoms with Crippen molar-refractivity contribution in [3.63, 3.8) is 0 Å². The lowest BCUT2D eigenvalue weighted by Crippen LogP contribution is -2.11. The quantitative estimate of drug-likeness (QED) is 0.391. The third-order valence-electron chi connectivity index (χ3n) is 6.65. The Morgan fingerprint density at radius 3 is 1.33 bits per heavy atom. The maximum atomic E-state index is 4.57. The average molecular weight is 395 g/mol. The van der Waals surface area contributed by atoms with Crippen LogP contribution >= 0.6 is 0 Å². The van der Waals surface area contributed by atoms with E-state index >= 15 is 0 Å². The van der Waals surface area contributed by atoms with E-state index in [4.69, 9.17) is 0 Å². The Bertz CT molecular complexity index is 1250. The molecule has 0 radical (unpaired) electrons. The van der Waals surface area contributed by atoms with Crippen molar-refractivity contribution in [3.8, 4) is 0 Å². The summed E-state index contributed by atoms with van der Waals surface area (Å²) in [5.74, 6) is 0. The first-order valence-corrected chi connectivity index (χ1v) is 10.4. The summed E-state index contributed by atoms with van der Waals surface area (Å²) in [5, 5.41) is 0. The highest BCUT2D eigenvalue weighted by atomic mass is 15.0. The van der Waals surface area contributed by atoms with Crippen molar-refractivity contribution < 1.29 is 0 Å². The number of fused-ring (bicyclic) bond motifs is 2. The Hall–Kier alpha value is -3.40. The van der Waals surface area contributed by atoms with Crippen molar-refractivity contribution >= 4 is 22.1 Å². The van der Waals surface area contributed by atoms with E-state index < -0.39 is 0 Å². The largest absolute Gasteiger partial charge is 0.326 e. The van der Waals surface area contributed by atoms with E-state index in [1.165, 1.54) is 44.4 Å². The first-order valence-electron chi connectivity index (χ1n) is 10.4. The van der Waals surface area contributed by atoms with Crippen LogP contribution in [0.2, 0.25) is 0 Å². The lowest BCUT2D eigenvalue weighted by molar-refractivity contribution is 0.786. The van der Waals surface area contributed by atoms with Crippen LogP contribution in [0.1, 0.15) is 33.4 Å². The molecule has 5 aromatic rings. The Balaban J connectivity index is 1.57. The van der Waals surface area contributed by atoms with Crippen molar-refractivity contribution in [2.75, 3.05) is 0 Å². The molecule has 3 aromatic carbocycles. The van der Waals surface area contributed by atoms with Gasteiger partial charge in [0.15, 0.2) is 0 Å². The summed E-state index contributed by atoms with van der Waals surface area (Å²) in [5.41, 5.74) is 12.7. The fourth-order valence-corrected chi connectivity index (χ4v) is 4.56. The summed E-state index contributed by atoms with van der Waals surface area (Å²) in [4.78, 5) is 9.14. The van der Waals surface area contributed by atoms with E-state index in [2.05, 4.69) is 83.2 Å². The van der Waals surface area contributed by atoms with E-state index in [1.807, 2.05) is 24.8 Å². The van der Waals surface area contributed by atoms with Crippen molar-refractivity contribution in [2.45, 2.75) is 40.8 Å². The van der Waals surface area contributed by atoms with Crippen LogP contribution in [0.4, 0.5) is 0 Å². The van der Waals surface area contributed by atoms with Crippen LogP contribution in [0.5, 0.6) is 0 Å². The molecule has 0 aliphatic rings. The Morgan fingerprint density at radius 1 is 0.567 bits per heavy atom. The van der Waals surface area contributed by atoms with Crippen LogP contribution in [0.15, 0.2) is 61.2 Å². The Labute approximate surface area is 176 Å². The Kier molecular flexibility index (Phi) is 4.43. The lowest BCUT2D eigenvalue weighted by Gasteiger charge is -2.22. The van der Waals surface area contributed by atoms with Gasteiger partial charge in [0.05, 0.1) is 34.7 Å². The van der Waals surface area contributed by atoms with E-state index in [0.29, 0.717) is 0 Å². The van der Waals surface area contributed by atoms with Gasteiger partial charge in [-0.05, 0) is 85.3 Å². The van der Waals surface area contributed by atoms with Crippen LogP contribution in [0.3, 0.4) is 0 Å². The minimum Gasteiger partial charge on any atom is -0.326 e. The highest BCUT2D eigenvalue weighted by Gasteiger charge is 2.17. The number of hydrogen-bond donors (Lipinski definition) is 0. The third-order valence-corrected chi connectivity index (χ3v) is 6.65. The monoisotopic (exact) mass is 394 g/mol. The number of nitrogens with zero attached hydrogens (tertiary/aromatic N) is 4. The fraction of sp³-hybridized carbons (Fsp3) is 0.231. The zero-order valence-electron chi connectivity index (χ0n) is 18.0. The molecule has 0 spiro atoms. The number of imidazole rings is 2. The standard InChI is InChI=1S/C26H26N4/c1-17-18(2)22(14-30-16-28-24-10-6-8-12-26(24)30)20(4)19(3)21(17)13-29-15-27-23-9-5-7-11-25(23)29/h5-12,15-16H,13-14H2,1-4H3. The number of aromatic nitrogens is 4. The first kappa shape index (κ1) is 18.6. The molecule has 4 heteroatoms. The molecule has 5 rings (SSSR count). The molecule has 0 fully saturated rings. The molecule has 0 unspecified atom stereocenters. The molecule has 0 bridgehead atoms. The minimum absolute atomic E-state index is 0.841. The summed E-state index contributed by atoms with van der Waals surface area (Å²) >= 11 is 0. The molecule has 150 valence electrons. The van der Waals surface area contributed by atoms with Gasteiger partial charge < -0.3 is 9.13 Å². The molecule has 4 nitrogen and oxygen atoms in total. The molecule has 0 amide bonds. The number of para-hydroxylation sites is 4. The molecule has 0 aliphatic carbocycles. The highest BCUT2D eigenvalue weighted by Crippen LogP contribution is 2.29. The van der Waals surface area contributed by atoms with Crippen LogP contribution in [-0.2, 0) is 13.1 Å². The van der Waals surface area contributed by atoms with Gasteiger partial charge in [-0.25, -0.2) is 9.97 Å². The predicted octanol–water partition coefficient (Wildman–Crippen LogP) is 5.72. The van der Waals surface area contributed by atoms with E-state index in [1.54, 1.807) is 0 Å². The van der Waals surface area contributed by atoms with Crippen molar-refractivity contribution in [3.05, 3.63) is 94.6 Å². The predicted molar refractivity (Wildman–Crippen MR) is 123 cm³/mol. The molecule has 0 saturated heterocycles. The third kappa shape index (κ3) is 2.91. The Morgan fingerprint density at radius 2 is 0.933 bits per heavy atom. The minimum atomic E-state index is 0.841. The smallest absolute Gasteiger partial charge is 0.0961 e. The molecular weight excluding hydrogens is 368 g/mol. The van der Waals surface area contributed by atoms with E-state index in [-0.39, 0.29) is 0 Å². The lowest BCUT2D eigenvalue weighted by atomic mass is 9.88. The summed E-state index contributed by atoms with van der Waals surface area (Å²) in [6.45, 7) is 10.7. The van der Waals surface area contributed by atoms with Gasteiger partial charge in [-0.3, -0.25) is 0 Å². The molecular formula is C26H26N4. The molecule has 2 heterocycles. The van der Waals surface area contributed by atoms with E-state index in [0.717, 1.165) is 24.1 Å². The maximum Gasteiger partial charge on any atom is 0.0961 e. The SMILES string of the molecule is Cc1c(C)c(Cn2cnc3ccccc32)c(C)c(C)c1Cn1cnc2ccccc21. The summed E-state index contributed by atoms with van der Waals surface area (Å²) < 4.78 is 4.51. The molecule has 0 atom stereocenters. The van der Waals surface area contributed by atoms with Crippen LogP contribution in [0, 0.1) is 27.7 Å². The van der Waals surface area contributed by atoms with Gasteiger partial charge in [-0.2, -0.15) is 0 Å². The van der Waals surface area contributed by atoms with E-state index in [9.17, 15) is 0 Å². The number of benzene rings is 3. The summed E-state index contributed by atoms with van der Waals surface area (Å²) in [6.07, 6.45) is 3.92. The molecule has 2 aromatic heterocycles. The number of hydrogen-bond acceptors (Lipinski definition) is 2. The van der Waals surface area contributed by atoms with Crippen molar-refractivity contribution in [1.29, 1.82) is 0 Å². The van der Waals surface area contributed by atoms with Gasteiger partial charge in [-0.1, -0.05) is 24.3 Å². The van der Waals surface area contributed by atoms with Gasteiger partial charge in [0.25, 0.3) is 0 Å². The van der Waals surface area contributed by atoms with Crippen LogP contribution < -0.4 is 0 Å². The van der Waals surface area contributed by atoms with Crippen molar-refractivity contribution in [1.82, 2.24) is 19.1 Å². The molecule has 0 aliphatic heterocycles. The normalized spacial score (nSPS) is 11.6. The zero-order valence-corrected chi connectivity index (χ0v) is 18.0. The van der Waals surface area contributed by atoms with Gasteiger partial charge in [-0.15, -0.1) is 0 Å². The zero-order chi connectivity index (χ0) is 20.8. The van der Waals surface area contributed by atoms with Gasteiger partial charge in [0.1, 0.15) is 0 Å². The van der Waals surface area contributed by atoms with Gasteiger partial charge >= 0.3 is 0 Å². The second-order valence-corrected chi connectivity index (χ2v) is 8.18. The highest BCUT2D eigenvalue weighted by molar-refractivity contribution is 5.76. The first-order chi connectivity index (χ1) is 14.5. The topological polar surface area (TPSA) is 35.6 Å². The van der Waals surface area contributed by atoms with Crippen LogP contribution in [-0.4, -0.2) is 19.1 Å². The van der Waals surface area contributed by atoms with Crippen molar-refractivity contribution in [2.24, 2.45) is 0 Å². The average Bonchev–Trinajstić information content (AvgIpc) is 3.37. The fourth-order valence-electron chi connectivity index (χ4n) is 4.56. The molecule has 30 heavy (non-hydrogen) atoms. The second kappa shape index (κ2) is 7.13. The maximum absolute atomic E-state index is 4.57. The summed E-state index contributed by atoms with van der Waals surface area (Å²) in [6, 6.07) is 16.7. The van der Waals surface area contributed by atoms with Gasteiger partial charge in [0, 0.05) is 13.1 Å². The van der Waals surface area contributed by atoms with Crippen LogP contribution in [0.25, 0.3) is 22.1 Å². The number of rotatable bonds is 4. The molecule has 0 N–H and O–H groups in total. The second-order valence-electron chi connectivity index (χ2n) is 8.18. The van der Waals surface area contributed by atoms with Gasteiger partial charge in [0.2, 0.25) is 0 Å². The summed E-state index contributed by atoms with van der Waals surface area (Å²) in [7, 11) is 0.